The summed E-state index contributed by atoms with van der Waals surface area (Å²) in [5, 5.41) is 6.21. The second kappa shape index (κ2) is 14.4. The lowest BCUT2D eigenvalue weighted by Crippen LogP contribution is -2.48. The molecule has 0 aliphatic carbocycles. The van der Waals surface area contributed by atoms with Gasteiger partial charge in [-0.15, -0.1) is 0 Å². The van der Waals surface area contributed by atoms with Crippen molar-refractivity contribution in [2.75, 3.05) is 33.4 Å². The number of ether oxygens (including phenoxy) is 2. The van der Waals surface area contributed by atoms with Gasteiger partial charge in [-0.1, -0.05) is 54.1 Å². The molecule has 0 aromatic heterocycles. The maximum absolute atomic E-state index is 13.4. The van der Waals surface area contributed by atoms with E-state index < -0.39 is 11.9 Å². The molecule has 1 aliphatic rings. The number of fused-ring (bicyclic) bond motifs is 1. The number of nitrogens with one attached hydrogen (secondary N) is 2. The molecule has 0 radical (unpaired) electrons. The Kier molecular flexibility index (Phi) is 10.4. The summed E-state index contributed by atoms with van der Waals surface area (Å²) in [5.74, 6) is 0.0152. The molecule has 0 unspecified atom stereocenters. The van der Waals surface area contributed by atoms with Crippen LogP contribution in [-0.2, 0) is 11.2 Å². The number of halogens is 1. The number of carbonyl (C=O) groups is 3. The molecule has 3 aromatic rings. The van der Waals surface area contributed by atoms with Gasteiger partial charge in [0.25, 0.3) is 11.8 Å². The molecule has 1 aliphatic heterocycles. The molecule has 8 nitrogen and oxygen atoms in total. The standard InChI is InChI=1S/C31H34ClN3O5/c1-39-27-13-6-5-12-24(27)31(38)35-17-8-7-16-33-30(37)26(20-22-10-3-2-4-11-22)34-29(36)25-21-23(32)14-15-28(25)40-19-9-18-35/h2-6,10-15,21,26H,7-9,16-20H2,1H3,(H,33,37)(H,34,36)/t26-/m0/s1. The number of para-hydroxylation sites is 1. The third-order valence-electron chi connectivity index (χ3n) is 6.70. The first-order valence-corrected chi connectivity index (χ1v) is 13.8. The zero-order chi connectivity index (χ0) is 28.3. The fraction of sp³-hybridized carbons (Fsp3) is 0.323. The number of hydrogen-bond acceptors (Lipinski definition) is 5. The highest BCUT2D eigenvalue weighted by molar-refractivity contribution is 6.31. The van der Waals surface area contributed by atoms with E-state index in [0.717, 1.165) is 5.56 Å². The molecule has 0 fully saturated rings. The highest BCUT2D eigenvalue weighted by Gasteiger charge is 2.25. The number of rotatable bonds is 4. The number of benzene rings is 3. The van der Waals surface area contributed by atoms with Crippen LogP contribution in [0.5, 0.6) is 11.5 Å². The van der Waals surface area contributed by atoms with E-state index in [1.165, 1.54) is 6.07 Å². The first-order valence-electron chi connectivity index (χ1n) is 13.4. The van der Waals surface area contributed by atoms with Gasteiger partial charge < -0.3 is 25.0 Å². The van der Waals surface area contributed by atoms with Gasteiger partial charge in [0, 0.05) is 31.1 Å². The van der Waals surface area contributed by atoms with Crippen LogP contribution in [0.2, 0.25) is 5.02 Å². The molecule has 0 spiro atoms. The molecule has 4 rings (SSSR count). The third kappa shape index (κ3) is 7.76. The molecule has 40 heavy (non-hydrogen) atoms. The fourth-order valence-corrected chi connectivity index (χ4v) is 4.78. The highest BCUT2D eigenvalue weighted by Crippen LogP contribution is 2.24. The number of carbonyl (C=O) groups excluding carboxylic acids is 3. The van der Waals surface area contributed by atoms with Crippen molar-refractivity contribution in [1.29, 1.82) is 0 Å². The average molecular weight is 564 g/mol. The number of amides is 3. The zero-order valence-electron chi connectivity index (χ0n) is 22.5. The Balaban J connectivity index is 1.56. The maximum atomic E-state index is 13.4. The van der Waals surface area contributed by atoms with Crippen molar-refractivity contribution in [3.63, 3.8) is 0 Å². The van der Waals surface area contributed by atoms with Gasteiger partial charge in [0.1, 0.15) is 17.5 Å². The first-order chi connectivity index (χ1) is 19.5. The minimum absolute atomic E-state index is 0.128. The molecule has 9 heteroatoms. The topological polar surface area (TPSA) is 97.0 Å². The largest absolute Gasteiger partial charge is 0.496 e. The van der Waals surface area contributed by atoms with E-state index in [2.05, 4.69) is 10.6 Å². The van der Waals surface area contributed by atoms with Gasteiger partial charge in [0.15, 0.2) is 0 Å². The molecule has 0 saturated heterocycles. The molecule has 3 aromatic carbocycles. The number of nitrogens with zero attached hydrogens (tertiary/aromatic N) is 1. The van der Waals surface area contributed by atoms with Gasteiger partial charge >= 0.3 is 0 Å². The Morgan fingerprint density at radius 2 is 1.75 bits per heavy atom. The van der Waals surface area contributed by atoms with Crippen LogP contribution in [-0.4, -0.2) is 62.0 Å². The van der Waals surface area contributed by atoms with E-state index in [1.54, 1.807) is 36.3 Å². The monoisotopic (exact) mass is 563 g/mol. The minimum atomic E-state index is -0.793. The fourth-order valence-electron chi connectivity index (χ4n) is 4.61. The van der Waals surface area contributed by atoms with E-state index in [4.69, 9.17) is 21.1 Å². The maximum Gasteiger partial charge on any atom is 0.257 e. The second-order valence-corrected chi connectivity index (χ2v) is 9.99. The molecule has 2 N–H and O–H groups in total. The van der Waals surface area contributed by atoms with Crippen LogP contribution in [0.25, 0.3) is 0 Å². The quantitative estimate of drug-likeness (QED) is 0.487. The van der Waals surface area contributed by atoms with Crippen LogP contribution in [0.3, 0.4) is 0 Å². The minimum Gasteiger partial charge on any atom is -0.496 e. The zero-order valence-corrected chi connectivity index (χ0v) is 23.3. The van der Waals surface area contributed by atoms with Crippen LogP contribution in [0, 0.1) is 0 Å². The van der Waals surface area contributed by atoms with Crippen molar-refractivity contribution < 1.29 is 23.9 Å². The number of hydrogen-bond donors (Lipinski definition) is 2. The molecule has 1 atom stereocenters. The molecule has 0 bridgehead atoms. The SMILES string of the molecule is COc1ccccc1C(=O)N1CCCCNC(=O)[C@H](Cc2ccccc2)NC(=O)c2cc(Cl)ccc2OCCC1. The van der Waals surface area contributed by atoms with Gasteiger partial charge in [0.2, 0.25) is 5.91 Å². The Morgan fingerprint density at radius 3 is 2.55 bits per heavy atom. The van der Waals surface area contributed by atoms with E-state index in [-0.39, 0.29) is 24.0 Å². The first kappa shape index (κ1) is 29.0. The molecule has 1 heterocycles. The van der Waals surface area contributed by atoms with Crippen molar-refractivity contribution in [3.05, 3.63) is 94.5 Å². The van der Waals surface area contributed by atoms with E-state index >= 15 is 0 Å². The van der Waals surface area contributed by atoms with Gasteiger partial charge in [0.05, 0.1) is 24.8 Å². The number of methoxy groups -OCH3 is 1. The van der Waals surface area contributed by atoms with Crippen molar-refractivity contribution in [2.45, 2.75) is 31.7 Å². The van der Waals surface area contributed by atoms with Crippen molar-refractivity contribution >= 4 is 29.3 Å². The normalized spacial score (nSPS) is 17.1. The lowest BCUT2D eigenvalue weighted by Gasteiger charge is -2.25. The van der Waals surface area contributed by atoms with Crippen LogP contribution < -0.4 is 20.1 Å². The molecule has 0 saturated carbocycles. The predicted molar refractivity (Wildman–Crippen MR) is 154 cm³/mol. The predicted octanol–water partition coefficient (Wildman–Crippen LogP) is 4.51. The highest BCUT2D eigenvalue weighted by atomic mass is 35.5. The molecular formula is C31H34ClN3O5. The van der Waals surface area contributed by atoms with E-state index in [9.17, 15) is 14.4 Å². The Morgan fingerprint density at radius 1 is 1.00 bits per heavy atom. The van der Waals surface area contributed by atoms with Crippen molar-refractivity contribution in [1.82, 2.24) is 15.5 Å². The van der Waals surface area contributed by atoms with Gasteiger partial charge in [-0.25, -0.2) is 0 Å². The lowest BCUT2D eigenvalue weighted by molar-refractivity contribution is -0.122. The second-order valence-electron chi connectivity index (χ2n) is 9.55. The van der Waals surface area contributed by atoms with Gasteiger partial charge in [-0.3, -0.25) is 14.4 Å². The molecular weight excluding hydrogens is 530 g/mol. The summed E-state index contributed by atoms with van der Waals surface area (Å²) >= 11 is 6.22. The van der Waals surface area contributed by atoms with Gasteiger partial charge in [-0.05, 0) is 55.2 Å². The van der Waals surface area contributed by atoms with Crippen LogP contribution in [0.4, 0.5) is 0 Å². The smallest absolute Gasteiger partial charge is 0.257 e. The summed E-state index contributed by atoms with van der Waals surface area (Å²) < 4.78 is 11.4. The van der Waals surface area contributed by atoms with Gasteiger partial charge in [-0.2, -0.15) is 0 Å². The van der Waals surface area contributed by atoms with Crippen LogP contribution in [0.1, 0.15) is 45.5 Å². The molecule has 3 amide bonds. The average Bonchev–Trinajstić information content (AvgIpc) is 2.97. The third-order valence-corrected chi connectivity index (χ3v) is 6.93. The van der Waals surface area contributed by atoms with E-state index in [0.29, 0.717) is 67.4 Å². The summed E-state index contributed by atoms with van der Waals surface area (Å²) in [7, 11) is 1.54. The van der Waals surface area contributed by atoms with Crippen LogP contribution >= 0.6 is 11.6 Å². The summed E-state index contributed by atoms with van der Waals surface area (Å²) in [4.78, 5) is 41.8. The van der Waals surface area contributed by atoms with Crippen molar-refractivity contribution in [3.8, 4) is 11.5 Å². The van der Waals surface area contributed by atoms with Crippen molar-refractivity contribution in [2.24, 2.45) is 0 Å². The summed E-state index contributed by atoms with van der Waals surface area (Å²) in [6, 6.07) is 20.7. The Bertz CT molecular complexity index is 1320. The summed E-state index contributed by atoms with van der Waals surface area (Å²) in [6.45, 7) is 1.67. The summed E-state index contributed by atoms with van der Waals surface area (Å²) in [6.07, 6.45) is 2.25. The van der Waals surface area contributed by atoms with E-state index in [1.807, 2.05) is 42.5 Å². The van der Waals surface area contributed by atoms with Crippen LogP contribution in [0.15, 0.2) is 72.8 Å². The summed E-state index contributed by atoms with van der Waals surface area (Å²) in [5.41, 5.74) is 1.66. The lowest BCUT2D eigenvalue weighted by atomic mass is 10.0. The molecule has 210 valence electrons. The Labute approximate surface area is 239 Å². The Hall–Kier alpha value is -4.04.